The van der Waals surface area contributed by atoms with Crippen LogP contribution < -0.4 is 0 Å². The van der Waals surface area contributed by atoms with Crippen molar-refractivity contribution in [2.75, 3.05) is 0 Å². The number of aryl methyl sites for hydroxylation is 2. The fourth-order valence-corrected chi connectivity index (χ4v) is 4.05. The molecule has 0 atom stereocenters. The lowest BCUT2D eigenvalue weighted by molar-refractivity contribution is -0.138. The lowest BCUT2D eigenvalue weighted by Crippen LogP contribution is -1.96. The first-order valence-corrected chi connectivity index (χ1v) is 8.27. The number of hydrogen-bond donors (Lipinski definition) is 2. The molecule has 0 aliphatic carbocycles. The lowest BCUT2D eigenvalue weighted by atomic mass is 10.3. The monoisotopic (exact) mass is 336 g/mol. The van der Waals surface area contributed by atoms with Crippen LogP contribution in [0.2, 0.25) is 0 Å². The molecule has 0 amide bonds. The van der Waals surface area contributed by atoms with Crippen LogP contribution >= 0.6 is 22.7 Å². The number of fused-ring (bicyclic) bond motifs is 2. The number of hydrogen-bond acceptors (Lipinski definition) is 6. The Morgan fingerprint density at radius 3 is 1.64 bits per heavy atom. The quantitative estimate of drug-likeness (QED) is 0.718. The van der Waals surface area contributed by atoms with Crippen molar-refractivity contribution in [2.45, 2.75) is 25.7 Å². The summed E-state index contributed by atoms with van der Waals surface area (Å²) >= 11 is 2.96. The van der Waals surface area contributed by atoms with E-state index in [0.717, 1.165) is 30.4 Å². The van der Waals surface area contributed by atoms with Crippen molar-refractivity contribution in [3.8, 4) is 0 Å². The number of rotatable bonds is 6. The molecular weight excluding hydrogens is 324 g/mol. The predicted molar refractivity (Wildman–Crippen MR) is 84.7 cm³/mol. The molecule has 0 radical (unpaired) electrons. The van der Waals surface area contributed by atoms with E-state index in [0.29, 0.717) is 12.8 Å². The summed E-state index contributed by atoms with van der Waals surface area (Å²) in [5.41, 5.74) is 1.68. The maximum Gasteiger partial charge on any atom is 0.303 e. The van der Waals surface area contributed by atoms with Gasteiger partial charge in [0.05, 0.1) is 43.3 Å². The first kappa shape index (κ1) is 14.9. The van der Waals surface area contributed by atoms with Crippen molar-refractivity contribution in [3.05, 3.63) is 22.1 Å². The standard InChI is InChI=1S/C14H12N2O4S2/c17-13(18)3-1-11-15-7-5-10-8(6-9(7)21-11)16-12(22-10)2-4-14(19)20/h5-6H,1-4H2,(H,17,18)(H,19,20). The van der Waals surface area contributed by atoms with Gasteiger partial charge in [-0.1, -0.05) is 0 Å². The van der Waals surface area contributed by atoms with Crippen LogP contribution in [-0.2, 0) is 22.4 Å². The number of benzene rings is 1. The van der Waals surface area contributed by atoms with E-state index in [1.54, 1.807) is 0 Å². The predicted octanol–water partition coefficient (Wildman–Crippen LogP) is 2.94. The van der Waals surface area contributed by atoms with Crippen molar-refractivity contribution in [3.63, 3.8) is 0 Å². The average molecular weight is 336 g/mol. The number of carbonyl (C=O) groups is 2. The third-order valence-electron chi connectivity index (χ3n) is 3.09. The topological polar surface area (TPSA) is 100 Å². The fraction of sp³-hybridized carbons (Fsp3) is 0.286. The van der Waals surface area contributed by atoms with Crippen LogP contribution in [0.25, 0.3) is 20.4 Å². The molecule has 0 aliphatic rings. The van der Waals surface area contributed by atoms with E-state index >= 15 is 0 Å². The summed E-state index contributed by atoms with van der Waals surface area (Å²) < 4.78 is 1.95. The van der Waals surface area contributed by atoms with Gasteiger partial charge < -0.3 is 10.2 Å². The number of aromatic nitrogens is 2. The summed E-state index contributed by atoms with van der Waals surface area (Å²) in [6, 6.07) is 3.88. The molecule has 0 spiro atoms. The zero-order valence-corrected chi connectivity index (χ0v) is 13.0. The van der Waals surface area contributed by atoms with Crippen molar-refractivity contribution in [2.24, 2.45) is 0 Å². The fourth-order valence-electron chi connectivity index (χ4n) is 2.09. The Bertz CT molecular complexity index is 750. The van der Waals surface area contributed by atoms with Gasteiger partial charge in [-0.05, 0) is 12.1 Å². The molecule has 0 unspecified atom stereocenters. The van der Waals surface area contributed by atoms with Gasteiger partial charge in [-0.15, -0.1) is 22.7 Å². The van der Waals surface area contributed by atoms with Gasteiger partial charge >= 0.3 is 11.9 Å². The molecule has 1 aromatic carbocycles. The highest BCUT2D eigenvalue weighted by atomic mass is 32.1. The minimum atomic E-state index is -0.829. The zero-order chi connectivity index (χ0) is 15.7. The van der Waals surface area contributed by atoms with Gasteiger partial charge in [0.15, 0.2) is 0 Å². The van der Waals surface area contributed by atoms with Gasteiger partial charge in [0, 0.05) is 12.8 Å². The van der Waals surface area contributed by atoms with E-state index in [9.17, 15) is 9.59 Å². The van der Waals surface area contributed by atoms with Gasteiger partial charge in [0.25, 0.3) is 0 Å². The Kier molecular flexibility index (Phi) is 4.04. The summed E-state index contributed by atoms with van der Waals surface area (Å²) in [5, 5.41) is 19.0. The largest absolute Gasteiger partial charge is 0.481 e. The zero-order valence-electron chi connectivity index (χ0n) is 11.4. The number of nitrogens with zero attached hydrogens (tertiary/aromatic N) is 2. The second-order valence-corrected chi connectivity index (χ2v) is 7.02. The Hall–Kier alpha value is -2.06. The summed E-state index contributed by atoms with van der Waals surface area (Å²) in [5.74, 6) is -1.66. The van der Waals surface area contributed by atoms with Gasteiger partial charge in [-0.25, -0.2) is 9.97 Å². The number of thiazole rings is 2. The van der Waals surface area contributed by atoms with Crippen LogP contribution in [0.3, 0.4) is 0 Å². The molecule has 2 N–H and O–H groups in total. The Morgan fingerprint density at radius 1 is 0.864 bits per heavy atom. The first-order valence-electron chi connectivity index (χ1n) is 6.64. The number of aliphatic carboxylic acids is 2. The molecule has 3 rings (SSSR count). The summed E-state index contributed by atoms with van der Waals surface area (Å²) in [6.07, 6.45) is 1.01. The molecule has 2 heterocycles. The molecular formula is C14H12N2O4S2. The highest BCUT2D eigenvalue weighted by Crippen LogP contribution is 2.31. The second kappa shape index (κ2) is 5.98. The van der Waals surface area contributed by atoms with Gasteiger partial charge in [0.2, 0.25) is 0 Å². The molecule has 3 aromatic rings. The molecule has 6 nitrogen and oxygen atoms in total. The van der Waals surface area contributed by atoms with Crippen molar-refractivity contribution in [1.29, 1.82) is 0 Å². The first-order chi connectivity index (χ1) is 10.5. The van der Waals surface area contributed by atoms with E-state index in [1.165, 1.54) is 22.7 Å². The maximum atomic E-state index is 10.6. The average Bonchev–Trinajstić information content (AvgIpc) is 3.02. The van der Waals surface area contributed by atoms with Crippen LogP contribution in [-0.4, -0.2) is 32.1 Å². The van der Waals surface area contributed by atoms with E-state index in [-0.39, 0.29) is 12.8 Å². The maximum absolute atomic E-state index is 10.6. The molecule has 0 bridgehead atoms. The molecule has 22 heavy (non-hydrogen) atoms. The normalized spacial score (nSPS) is 11.3. The molecule has 0 fully saturated rings. The van der Waals surface area contributed by atoms with Crippen LogP contribution in [0, 0.1) is 0 Å². The Morgan fingerprint density at radius 2 is 1.27 bits per heavy atom. The third-order valence-corrected chi connectivity index (χ3v) is 5.25. The summed E-state index contributed by atoms with van der Waals surface area (Å²) in [7, 11) is 0. The van der Waals surface area contributed by atoms with Gasteiger partial charge in [-0.3, -0.25) is 9.59 Å². The molecule has 0 saturated carbocycles. The van der Waals surface area contributed by atoms with Crippen LogP contribution in [0.15, 0.2) is 12.1 Å². The lowest BCUT2D eigenvalue weighted by Gasteiger charge is -1.89. The van der Waals surface area contributed by atoms with E-state index in [4.69, 9.17) is 10.2 Å². The minimum absolute atomic E-state index is 0.0752. The summed E-state index contributed by atoms with van der Waals surface area (Å²) in [4.78, 5) is 30.1. The van der Waals surface area contributed by atoms with Crippen LogP contribution in [0.4, 0.5) is 0 Å². The number of carboxylic acids is 2. The Labute approximate surface area is 133 Å². The van der Waals surface area contributed by atoms with Gasteiger partial charge in [-0.2, -0.15) is 0 Å². The molecule has 0 aliphatic heterocycles. The van der Waals surface area contributed by atoms with E-state index in [2.05, 4.69) is 9.97 Å². The molecule has 2 aromatic heterocycles. The van der Waals surface area contributed by atoms with Crippen molar-refractivity contribution >= 4 is 55.0 Å². The summed E-state index contributed by atoms with van der Waals surface area (Å²) in [6.45, 7) is 0. The van der Waals surface area contributed by atoms with E-state index in [1.807, 2.05) is 12.1 Å². The van der Waals surface area contributed by atoms with Gasteiger partial charge in [0.1, 0.15) is 0 Å². The highest BCUT2D eigenvalue weighted by molar-refractivity contribution is 7.20. The van der Waals surface area contributed by atoms with Crippen molar-refractivity contribution < 1.29 is 19.8 Å². The second-order valence-electron chi connectivity index (χ2n) is 4.79. The van der Waals surface area contributed by atoms with Crippen LogP contribution in [0.1, 0.15) is 22.9 Å². The van der Waals surface area contributed by atoms with Crippen LogP contribution in [0.5, 0.6) is 0 Å². The molecule has 0 saturated heterocycles. The highest BCUT2D eigenvalue weighted by Gasteiger charge is 2.11. The Balaban J connectivity index is 1.88. The SMILES string of the molecule is O=C(O)CCc1nc2cc3sc(CCC(=O)O)nc3cc2s1. The number of carboxylic acid groups (broad SMARTS) is 2. The molecule has 114 valence electrons. The third kappa shape index (κ3) is 3.23. The molecule has 8 heteroatoms. The van der Waals surface area contributed by atoms with E-state index < -0.39 is 11.9 Å². The van der Waals surface area contributed by atoms with Crippen molar-refractivity contribution in [1.82, 2.24) is 9.97 Å². The minimum Gasteiger partial charge on any atom is -0.481 e. The smallest absolute Gasteiger partial charge is 0.303 e.